The third-order valence-corrected chi connectivity index (χ3v) is 3.84. The summed E-state index contributed by atoms with van der Waals surface area (Å²) in [5.74, 6) is 6.06. The Morgan fingerprint density at radius 2 is 1.62 bits per heavy atom. The smallest absolute Gasteiger partial charge is 0.194 e. The first-order valence-electron chi connectivity index (χ1n) is 8.11. The van der Waals surface area contributed by atoms with Crippen LogP contribution in [0.3, 0.4) is 0 Å². The highest BCUT2D eigenvalue weighted by Crippen LogP contribution is 2.09. The Kier molecular flexibility index (Phi) is 5.21. The van der Waals surface area contributed by atoms with E-state index in [0.29, 0.717) is 28.8 Å². The Morgan fingerprint density at radius 1 is 0.923 bits per heavy atom. The number of carbonyl (C=O) groups is 1. The molecule has 3 aromatic rings. The molecule has 0 saturated carbocycles. The van der Waals surface area contributed by atoms with Crippen molar-refractivity contribution in [3.8, 4) is 11.8 Å². The van der Waals surface area contributed by atoms with Crippen LogP contribution in [0.4, 0.5) is 0 Å². The summed E-state index contributed by atoms with van der Waals surface area (Å²) in [6, 6.07) is 20.0. The Balaban J connectivity index is 1.66. The monoisotopic (exact) mass is 339 g/mol. The minimum atomic E-state index is -0.0526. The number of ketones is 1. The number of carbonyl (C=O) groups excluding carboxylic acids is 1. The minimum Gasteiger partial charge on any atom is -0.384 e. The summed E-state index contributed by atoms with van der Waals surface area (Å²) < 4.78 is 0. The molecule has 0 aliphatic heterocycles. The maximum Gasteiger partial charge on any atom is 0.194 e. The molecule has 126 valence electrons. The zero-order valence-corrected chi connectivity index (χ0v) is 14.1. The zero-order valence-electron chi connectivity index (χ0n) is 14.1. The van der Waals surface area contributed by atoms with Gasteiger partial charge < -0.3 is 5.73 Å². The maximum absolute atomic E-state index is 12.3. The molecule has 4 nitrogen and oxygen atoms in total. The lowest BCUT2D eigenvalue weighted by Gasteiger charge is -2.00. The number of amidine groups is 1. The molecule has 0 amide bonds. The van der Waals surface area contributed by atoms with E-state index in [1.807, 2.05) is 42.5 Å². The summed E-state index contributed by atoms with van der Waals surface area (Å²) in [5, 5.41) is 7.38. The molecule has 0 bridgehead atoms. The summed E-state index contributed by atoms with van der Waals surface area (Å²) in [7, 11) is 0. The van der Waals surface area contributed by atoms with Crippen LogP contribution >= 0.6 is 0 Å². The van der Waals surface area contributed by atoms with Crippen molar-refractivity contribution in [2.45, 2.75) is 6.42 Å². The summed E-state index contributed by atoms with van der Waals surface area (Å²) in [5.41, 5.74) is 8.97. The van der Waals surface area contributed by atoms with Crippen LogP contribution < -0.4 is 5.73 Å². The number of aromatic nitrogens is 1. The molecule has 0 radical (unpaired) electrons. The number of nitrogens with zero attached hydrogens (tertiary/aromatic N) is 1. The van der Waals surface area contributed by atoms with Gasteiger partial charge in [-0.25, -0.2) is 4.98 Å². The van der Waals surface area contributed by atoms with Crippen LogP contribution in [0.1, 0.15) is 32.7 Å². The minimum absolute atomic E-state index is 0.0526. The number of rotatable bonds is 4. The molecule has 0 spiro atoms. The largest absolute Gasteiger partial charge is 0.384 e. The van der Waals surface area contributed by atoms with Crippen molar-refractivity contribution in [1.82, 2.24) is 4.98 Å². The van der Waals surface area contributed by atoms with E-state index in [4.69, 9.17) is 11.1 Å². The standard InChI is InChI=1S/C22H17N3O/c23-22(24)18-11-9-16(10-12-18)5-4-8-20-14-13-19(15-25-20)21(26)17-6-2-1-3-7-17/h1-3,6-7,9-15H,5H2,(H3,23,24). The highest BCUT2D eigenvalue weighted by molar-refractivity contribution is 6.08. The van der Waals surface area contributed by atoms with Gasteiger partial charge in [0.05, 0.1) is 0 Å². The molecule has 1 aromatic heterocycles. The Hall–Kier alpha value is -3.71. The Morgan fingerprint density at radius 3 is 2.23 bits per heavy atom. The van der Waals surface area contributed by atoms with Crippen molar-refractivity contribution < 1.29 is 4.79 Å². The number of hydrogen-bond donors (Lipinski definition) is 2. The van der Waals surface area contributed by atoms with Crippen LogP contribution in [0.15, 0.2) is 72.9 Å². The van der Waals surface area contributed by atoms with Gasteiger partial charge in [0.2, 0.25) is 0 Å². The quantitative estimate of drug-likeness (QED) is 0.331. The van der Waals surface area contributed by atoms with E-state index in [9.17, 15) is 4.79 Å². The molecule has 0 unspecified atom stereocenters. The molecule has 3 rings (SSSR count). The van der Waals surface area contributed by atoms with E-state index in [1.54, 1.807) is 30.5 Å². The normalized spacial score (nSPS) is 9.85. The van der Waals surface area contributed by atoms with Crippen molar-refractivity contribution >= 4 is 11.6 Å². The van der Waals surface area contributed by atoms with Crippen LogP contribution in [-0.2, 0) is 6.42 Å². The second-order valence-corrected chi connectivity index (χ2v) is 5.72. The lowest BCUT2D eigenvalue weighted by molar-refractivity contribution is 0.103. The molecule has 1 heterocycles. The van der Waals surface area contributed by atoms with Gasteiger partial charge in [-0.05, 0) is 23.6 Å². The van der Waals surface area contributed by atoms with Gasteiger partial charge in [0, 0.05) is 29.3 Å². The topological polar surface area (TPSA) is 79.8 Å². The molecule has 26 heavy (non-hydrogen) atoms. The third kappa shape index (κ3) is 4.22. The molecular formula is C22H17N3O. The highest BCUT2D eigenvalue weighted by atomic mass is 16.1. The number of nitrogens with one attached hydrogen (secondary N) is 1. The van der Waals surface area contributed by atoms with Crippen molar-refractivity contribution in [2.24, 2.45) is 5.73 Å². The first-order valence-corrected chi connectivity index (χ1v) is 8.11. The molecule has 0 aliphatic carbocycles. The first kappa shape index (κ1) is 17.1. The van der Waals surface area contributed by atoms with Crippen LogP contribution in [-0.4, -0.2) is 16.6 Å². The molecule has 0 saturated heterocycles. The van der Waals surface area contributed by atoms with E-state index in [-0.39, 0.29) is 11.6 Å². The van der Waals surface area contributed by atoms with Crippen molar-refractivity contribution in [3.63, 3.8) is 0 Å². The van der Waals surface area contributed by atoms with E-state index < -0.39 is 0 Å². The van der Waals surface area contributed by atoms with Crippen molar-refractivity contribution in [3.05, 3.63) is 101 Å². The first-order chi connectivity index (χ1) is 12.6. The second-order valence-electron chi connectivity index (χ2n) is 5.72. The van der Waals surface area contributed by atoms with Gasteiger partial charge in [-0.1, -0.05) is 60.5 Å². The summed E-state index contributed by atoms with van der Waals surface area (Å²) in [4.78, 5) is 16.6. The fourth-order valence-corrected chi connectivity index (χ4v) is 2.40. The molecule has 0 aliphatic rings. The van der Waals surface area contributed by atoms with Crippen LogP contribution in [0.5, 0.6) is 0 Å². The number of nitrogens with two attached hydrogens (primary N) is 1. The predicted octanol–water partition coefficient (Wildman–Crippen LogP) is 3.19. The van der Waals surface area contributed by atoms with Gasteiger partial charge in [-0.15, -0.1) is 0 Å². The van der Waals surface area contributed by atoms with E-state index >= 15 is 0 Å². The van der Waals surface area contributed by atoms with Crippen LogP contribution in [0.25, 0.3) is 0 Å². The predicted molar refractivity (Wildman–Crippen MR) is 102 cm³/mol. The number of hydrogen-bond acceptors (Lipinski definition) is 3. The SMILES string of the molecule is N=C(N)c1ccc(CC#Cc2ccc(C(=O)c3ccccc3)cn2)cc1. The number of nitrogen functional groups attached to an aromatic ring is 1. The lowest BCUT2D eigenvalue weighted by Crippen LogP contribution is -2.10. The lowest BCUT2D eigenvalue weighted by atomic mass is 10.1. The maximum atomic E-state index is 12.3. The van der Waals surface area contributed by atoms with E-state index in [1.165, 1.54) is 0 Å². The molecule has 0 atom stereocenters. The van der Waals surface area contributed by atoms with E-state index in [2.05, 4.69) is 16.8 Å². The third-order valence-electron chi connectivity index (χ3n) is 3.84. The second kappa shape index (κ2) is 7.91. The molecule has 2 aromatic carbocycles. The van der Waals surface area contributed by atoms with Crippen LogP contribution in [0, 0.1) is 17.3 Å². The molecular weight excluding hydrogens is 322 g/mol. The highest BCUT2D eigenvalue weighted by Gasteiger charge is 2.08. The van der Waals surface area contributed by atoms with Crippen molar-refractivity contribution in [2.75, 3.05) is 0 Å². The average molecular weight is 339 g/mol. The summed E-state index contributed by atoms with van der Waals surface area (Å²) >= 11 is 0. The Labute approximate surface area is 152 Å². The molecule has 3 N–H and O–H groups in total. The van der Waals surface area contributed by atoms with Gasteiger partial charge in [0.15, 0.2) is 5.78 Å². The summed E-state index contributed by atoms with van der Waals surface area (Å²) in [6.45, 7) is 0. The van der Waals surface area contributed by atoms with Gasteiger partial charge in [0.25, 0.3) is 0 Å². The zero-order chi connectivity index (χ0) is 18.4. The molecule has 4 heteroatoms. The summed E-state index contributed by atoms with van der Waals surface area (Å²) in [6.07, 6.45) is 2.13. The average Bonchev–Trinajstić information content (AvgIpc) is 2.69. The fourth-order valence-electron chi connectivity index (χ4n) is 2.40. The van der Waals surface area contributed by atoms with Gasteiger partial charge in [-0.3, -0.25) is 10.2 Å². The van der Waals surface area contributed by atoms with Gasteiger partial charge >= 0.3 is 0 Å². The molecule has 0 fully saturated rings. The Bertz CT molecular complexity index is 980. The van der Waals surface area contributed by atoms with Gasteiger partial charge in [-0.2, -0.15) is 0 Å². The number of pyridine rings is 1. The van der Waals surface area contributed by atoms with Crippen LogP contribution in [0.2, 0.25) is 0 Å². The van der Waals surface area contributed by atoms with Crippen molar-refractivity contribution in [1.29, 1.82) is 5.41 Å². The van der Waals surface area contributed by atoms with E-state index in [0.717, 1.165) is 5.56 Å². The number of benzene rings is 2. The fraction of sp³-hybridized carbons (Fsp3) is 0.0455. The van der Waals surface area contributed by atoms with Gasteiger partial charge in [0.1, 0.15) is 11.5 Å².